The molecule has 3 heteroatoms. The van der Waals surface area contributed by atoms with E-state index in [-0.39, 0.29) is 0 Å². The lowest BCUT2D eigenvalue weighted by Crippen LogP contribution is -2.45. The average molecular weight is 271 g/mol. The van der Waals surface area contributed by atoms with Crippen LogP contribution in [0.4, 0.5) is 5.69 Å². The predicted octanol–water partition coefficient (Wildman–Crippen LogP) is 3.21. The number of anilines is 1. The van der Waals surface area contributed by atoms with Crippen LogP contribution in [-0.4, -0.2) is 19.1 Å². The highest BCUT2D eigenvalue weighted by Crippen LogP contribution is 2.34. The van der Waals surface area contributed by atoms with Crippen molar-refractivity contribution in [3.63, 3.8) is 0 Å². The molecule has 1 fully saturated rings. The Balaban J connectivity index is 2.39. The second-order valence-electron chi connectivity index (χ2n) is 5.72. The summed E-state index contributed by atoms with van der Waals surface area (Å²) in [5.74, 6) is 0.551. The van der Waals surface area contributed by atoms with Gasteiger partial charge < -0.3 is 10.6 Å². The molecule has 0 radical (unpaired) electrons. The number of aryl methyl sites for hydroxylation is 1. The first-order chi connectivity index (χ1) is 9.72. The van der Waals surface area contributed by atoms with Crippen molar-refractivity contribution in [1.82, 2.24) is 0 Å². The van der Waals surface area contributed by atoms with Crippen molar-refractivity contribution in [2.75, 3.05) is 18.0 Å². The molecule has 0 heterocycles. The van der Waals surface area contributed by atoms with Crippen molar-refractivity contribution in [3.05, 3.63) is 29.3 Å². The van der Waals surface area contributed by atoms with Crippen LogP contribution in [0, 0.1) is 24.2 Å². The van der Waals surface area contributed by atoms with Crippen molar-refractivity contribution in [3.8, 4) is 6.07 Å². The minimum absolute atomic E-state index is 0.479. The van der Waals surface area contributed by atoms with Crippen molar-refractivity contribution in [2.24, 2.45) is 11.7 Å². The molecule has 0 amide bonds. The summed E-state index contributed by atoms with van der Waals surface area (Å²) in [5.41, 5.74) is 9.07. The maximum absolute atomic E-state index is 9.41. The molecule has 1 saturated carbocycles. The van der Waals surface area contributed by atoms with E-state index in [9.17, 15) is 5.26 Å². The first-order valence-corrected chi connectivity index (χ1v) is 7.69. The molecule has 1 aliphatic rings. The Kier molecular flexibility index (Phi) is 5.03. The fraction of sp³-hybridized carbons (Fsp3) is 0.588. The average Bonchev–Trinajstić information content (AvgIpc) is 2.50. The minimum Gasteiger partial charge on any atom is -0.367 e. The molecular formula is C17H25N3. The van der Waals surface area contributed by atoms with Crippen LogP contribution in [0.1, 0.15) is 43.7 Å². The minimum atomic E-state index is 0.479. The highest BCUT2D eigenvalue weighted by Gasteiger charge is 2.30. The molecule has 2 atom stereocenters. The van der Waals surface area contributed by atoms with E-state index in [0.29, 0.717) is 12.0 Å². The van der Waals surface area contributed by atoms with E-state index in [4.69, 9.17) is 5.73 Å². The summed E-state index contributed by atoms with van der Waals surface area (Å²) in [7, 11) is 0. The molecule has 0 aliphatic heterocycles. The molecule has 0 saturated heterocycles. The Bertz CT molecular complexity index is 489. The van der Waals surface area contributed by atoms with Crippen LogP contribution in [0.2, 0.25) is 0 Å². The number of para-hydroxylation sites is 1. The molecule has 0 spiro atoms. The van der Waals surface area contributed by atoms with Crippen LogP contribution < -0.4 is 10.6 Å². The molecule has 20 heavy (non-hydrogen) atoms. The Morgan fingerprint density at radius 3 is 2.75 bits per heavy atom. The highest BCUT2D eigenvalue weighted by molar-refractivity contribution is 5.64. The van der Waals surface area contributed by atoms with Gasteiger partial charge in [0.05, 0.1) is 11.3 Å². The normalized spacial score (nSPS) is 22.3. The van der Waals surface area contributed by atoms with Gasteiger partial charge in [-0.05, 0) is 50.8 Å². The highest BCUT2D eigenvalue weighted by atomic mass is 15.2. The SMILES string of the molecule is CCN(c1c(C)cccc1C#N)C1CCCCC1CN. The van der Waals surface area contributed by atoms with Crippen LogP contribution >= 0.6 is 0 Å². The largest absolute Gasteiger partial charge is 0.367 e. The number of nitrogens with zero attached hydrogens (tertiary/aromatic N) is 2. The molecule has 0 bridgehead atoms. The molecule has 108 valence electrons. The first kappa shape index (κ1) is 14.9. The third-order valence-electron chi connectivity index (χ3n) is 4.56. The van der Waals surface area contributed by atoms with Gasteiger partial charge in [-0.2, -0.15) is 5.26 Å². The molecule has 1 aliphatic carbocycles. The standard InChI is InChI=1S/C17H25N3/c1-3-20(16-10-5-4-8-14(16)11-18)17-13(2)7-6-9-15(17)12-19/h6-7,9,14,16H,3-5,8,10-11,18H2,1-2H3. The maximum Gasteiger partial charge on any atom is 0.101 e. The van der Waals surface area contributed by atoms with Gasteiger partial charge in [0.15, 0.2) is 0 Å². The van der Waals surface area contributed by atoms with Crippen LogP contribution in [-0.2, 0) is 0 Å². The molecule has 1 aromatic rings. The molecular weight excluding hydrogens is 246 g/mol. The number of benzene rings is 1. The lowest BCUT2D eigenvalue weighted by molar-refractivity contribution is 0.300. The molecule has 3 nitrogen and oxygen atoms in total. The van der Waals surface area contributed by atoms with E-state index >= 15 is 0 Å². The zero-order chi connectivity index (χ0) is 14.5. The van der Waals surface area contributed by atoms with Gasteiger partial charge in [-0.3, -0.25) is 0 Å². The Hall–Kier alpha value is -1.53. The van der Waals surface area contributed by atoms with Gasteiger partial charge >= 0.3 is 0 Å². The third kappa shape index (κ3) is 2.81. The van der Waals surface area contributed by atoms with Crippen LogP contribution in [0.25, 0.3) is 0 Å². The monoisotopic (exact) mass is 271 g/mol. The number of hydrogen-bond acceptors (Lipinski definition) is 3. The van der Waals surface area contributed by atoms with E-state index in [1.807, 2.05) is 12.1 Å². The van der Waals surface area contributed by atoms with Crippen LogP contribution in [0.3, 0.4) is 0 Å². The summed E-state index contributed by atoms with van der Waals surface area (Å²) in [5, 5.41) is 9.41. The number of nitrogens with two attached hydrogens (primary N) is 1. The van der Waals surface area contributed by atoms with Gasteiger partial charge in [0, 0.05) is 12.6 Å². The van der Waals surface area contributed by atoms with Gasteiger partial charge in [-0.1, -0.05) is 25.0 Å². The molecule has 2 unspecified atom stereocenters. The van der Waals surface area contributed by atoms with E-state index < -0.39 is 0 Å². The lowest BCUT2D eigenvalue weighted by atomic mass is 9.83. The van der Waals surface area contributed by atoms with E-state index in [0.717, 1.165) is 24.3 Å². The smallest absolute Gasteiger partial charge is 0.101 e. The molecule has 1 aromatic carbocycles. The van der Waals surface area contributed by atoms with Crippen LogP contribution in [0.5, 0.6) is 0 Å². The summed E-state index contributed by atoms with van der Waals surface area (Å²) in [6.07, 6.45) is 4.96. The van der Waals surface area contributed by atoms with Crippen LogP contribution in [0.15, 0.2) is 18.2 Å². The molecule has 0 aromatic heterocycles. The summed E-state index contributed by atoms with van der Waals surface area (Å²) < 4.78 is 0. The zero-order valence-electron chi connectivity index (χ0n) is 12.6. The Morgan fingerprint density at radius 2 is 2.10 bits per heavy atom. The summed E-state index contributed by atoms with van der Waals surface area (Å²) >= 11 is 0. The van der Waals surface area contributed by atoms with Gasteiger partial charge in [0.2, 0.25) is 0 Å². The van der Waals surface area contributed by atoms with Gasteiger partial charge in [-0.15, -0.1) is 0 Å². The summed E-state index contributed by atoms with van der Waals surface area (Å²) in [6, 6.07) is 8.81. The predicted molar refractivity (Wildman–Crippen MR) is 83.7 cm³/mol. The van der Waals surface area contributed by atoms with E-state index in [1.54, 1.807) is 0 Å². The van der Waals surface area contributed by atoms with Crippen molar-refractivity contribution >= 4 is 5.69 Å². The van der Waals surface area contributed by atoms with Gasteiger partial charge in [-0.25, -0.2) is 0 Å². The number of rotatable bonds is 4. The zero-order valence-corrected chi connectivity index (χ0v) is 12.6. The summed E-state index contributed by atoms with van der Waals surface area (Å²) in [6.45, 7) is 5.95. The fourth-order valence-electron chi connectivity index (χ4n) is 3.56. The second kappa shape index (κ2) is 6.76. The fourth-order valence-corrected chi connectivity index (χ4v) is 3.56. The van der Waals surface area contributed by atoms with Gasteiger partial charge in [0.25, 0.3) is 0 Å². The third-order valence-corrected chi connectivity index (χ3v) is 4.56. The Labute approximate surface area is 122 Å². The Morgan fingerprint density at radius 1 is 1.35 bits per heavy atom. The topological polar surface area (TPSA) is 53.0 Å². The van der Waals surface area contributed by atoms with Gasteiger partial charge in [0.1, 0.15) is 6.07 Å². The maximum atomic E-state index is 9.41. The van der Waals surface area contributed by atoms with E-state index in [2.05, 4.69) is 30.9 Å². The number of nitriles is 1. The van der Waals surface area contributed by atoms with Crippen molar-refractivity contribution in [2.45, 2.75) is 45.6 Å². The quantitative estimate of drug-likeness (QED) is 0.915. The second-order valence-corrected chi connectivity index (χ2v) is 5.72. The van der Waals surface area contributed by atoms with Crippen molar-refractivity contribution in [1.29, 1.82) is 5.26 Å². The van der Waals surface area contributed by atoms with E-state index in [1.165, 1.54) is 31.2 Å². The summed E-state index contributed by atoms with van der Waals surface area (Å²) in [4.78, 5) is 2.42. The number of hydrogen-bond donors (Lipinski definition) is 1. The molecule has 2 rings (SSSR count). The first-order valence-electron chi connectivity index (χ1n) is 7.69. The van der Waals surface area contributed by atoms with Crippen molar-refractivity contribution < 1.29 is 0 Å². The molecule has 2 N–H and O–H groups in total. The lowest BCUT2D eigenvalue weighted by Gasteiger charge is -2.41.